The molecule has 15 heavy (non-hydrogen) atoms. The van der Waals surface area contributed by atoms with Gasteiger partial charge in [0.05, 0.1) is 0 Å². The van der Waals surface area contributed by atoms with Gasteiger partial charge in [-0.1, -0.05) is 49.1 Å². The molecule has 0 saturated carbocycles. The van der Waals surface area contributed by atoms with Gasteiger partial charge in [0.1, 0.15) is 0 Å². The molecule has 76 valence electrons. The summed E-state index contributed by atoms with van der Waals surface area (Å²) in [4.78, 5) is 0. The van der Waals surface area contributed by atoms with Crippen molar-refractivity contribution in [2.75, 3.05) is 6.54 Å². The molecule has 0 bridgehead atoms. The highest BCUT2D eigenvalue weighted by Crippen LogP contribution is 2.23. The predicted molar refractivity (Wildman–Crippen MR) is 66.8 cm³/mol. The smallest absolute Gasteiger partial charge is 0.00365 e. The number of hydrogen-bond donors (Lipinski definition) is 1. The van der Waals surface area contributed by atoms with Crippen LogP contribution in [0.3, 0.4) is 0 Å². The van der Waals surface area contributed by atoms with E-state index in [4.69, 9.17) is 5.73 Å². The standard InChI is InChI=1S/C14H15N/c1-2-13-12(9-10-15)8-7-11-5-3-4-6-14(11)13/h2-8H,1,9-10,15H2. The van der Waals surface area contributed by atoms with Crippen LogP contribution in [0.15, 0.2) is 43.0 Å². The van der Waals surface area contributed by atoms with E-state index >= 15 is 0 Å². The molecule has 2 rings (SSSR count). The summed E-state index contributed by atoms with van der Waals surface area (Å²) in [6, 6.07) is 12.7. The molecule has 0 aliphatic rings. The first-order chi connectivity index (χ1) is 7.36. The van der Waals surface area contributed by atoms with Crippen LogP contribution >= 0.6 is 0 Å². The highest BCUT2D eigenvalue weighted by atomic mass is 14.5. The Kier molecular flexibility index (Phi) is 2.84. The average Bonchev–Trinajstić information content (AvgIpc) is 2.29. The molecular weight excluding hydrogens is 182 g/mol. The van der Waals surface area contributed by atoms with Crippen molar-refractivity contribution in [2.24, 2.45) is 5.73 Å². The summed E-state index contributed by atoms with van der Waals surface area (Å²) in [5.74, 6) is 0. The van der Waals surface area contributed by atoms with Crippen LogP contribution < -0.4 is 5.73 Å². The summed E-state index contributed by atoms with van der Waals surface area (Å²) in [5.41, 5.74) is 8.10. The van der Waals surface area contributed by atoms with E-state index in [1.165, 1.54) is 21.9 Å². The molecule has 0 radical (unpaired) electrons. The molecule has 0 atom stereocenters. The lowest BCUT2D eigenvalue weighted by molar-refractivity contribution is 0.968. The van der Waals surface area contributed by atoms with E-state index in [0.717, 1.165) is 6.42 Å². The van der Waals surface area contributed by atoms with Crippen LogP contribution in [0.1, 0.15) is 11.1 Å². The average molecular weight is 197 g/mol. The van der Waals surface area contributed by atoms with E-state index in [9.17, 15) is 0 Å². The largest absolute Gasteiger partial charge is 0.330 e. The Morgan fingerprint density at radius 2 is 1.93 bits per heavy atom. The van der Waals surface area contributed by atoms with E-state index in [1.807, 2.05) is 6.08 Å². The molecule has 0 heterocycles. The van der Waals surface area contributed by atoms with Crippen LogP contribution in [0.2, 0.25) is 0 Å². The van der Waals surface area contributed by atoms with E-state index in [2.05, 4.69) is 43.0 Å². The van der Waals surface area contributed by atoms with E-state index in [1.54, 1.807) is 0 Å². The van der Waals surface area contributed by atoms with Gasteiger partial charge in [0, 0.05) is 0 Å². The highest BCUT2D eigenvalue weighted by molar-refractivity contribution is 5.91. The first-order valence-corrected chi connectivity index (χ1v) is 5.20. The van der Waals surface area contributed by atoms with Crippen LogP contribution in [0, 0.1) is 0 Å². The molecule has 1 heteroatoms. The Labute approximate surface area is 90.2 Å². The Balaban J connectivity index is 2.69. The summed E-state index contributed by atoms with van der Waals surface area (Å²) >= 11 is 0. The Morgan fingerprint density at radius 3 is 2.67 bits per heavy atom. The number of benzene rings is 2. The van der Waals surface area contributed by atoms with Crippen LogP contribution in [-0.2, 0) is 6.42 Å². The van der Waals surface area contributed by atoms with Gasteiger partial charge >= 0.3 is 0 Å². The molecule has 2 aromatic carbocycles. The fraction of sp³-hybridized carbons (Fsp3) is 0.143. The number of rotatable bonds is 3. The van der Waals surface area contributed by atoms with Crippen molar-refractivity contribution in [3.63, 3.8) is 0 Å². The topological polar surface area (TPSA) is 26.0 Å². The molecule has 0 aliphatic carbocycles. The van der Waals surface area contributed by atoms with Crippen LogP contribution in [0.25, 0.3) is 16.8 Å². The minimum absolute atomic E-state index is 0.680. The van der Waals surface area contributed by atoms with Crippen molar-refractivity contribution >= 4 is 16.8 Å². The Hall–Kier alpha value is -1.60. The molecule has 0 aromatic heterocycles. The second kappa shape index (κ2) is 4.28. The van der Waals surface area contributed by atoms with Gasteiger partial charge in [0.15, 0.2) is 0 Å². The maximum absolute atomic E-state index is 5.59. The summed E-state index contributed by atoms with van der Waals surface area (Å²) in [6.07, 6.45) is 2.83. The zero-order valence-electron chi connectivity index (χ0n) is 8.74. The van der Waals surface area contributed by atoms with E-state index < -0.39 is 0 Å². The van der Waals surface area contributed by atoms with Gasteiger partial charge < -0.3 is 5.73 Å². The zero-order valence-corrected chi connectivity index (χ0v) is 8.74. The molecule has 0 amide bonds. The zero-order chi connectivity index (χ0) is 10.7. The number of nitrogens with two attached hydrogens (primary N) is 1. The van der Waals surface area contributed by atoms with Crippen LogP contribution in [0.5, 0.6) is 0 Å². The molecule has 2 N–H and O–H groups in total. The quantitative estimate of drug-likeness (QED) is 0.804. The Bertz CT molecular complexity index is 486. The van der Waals surface area contributed by atoms with Gasteiger partial charge in [-0.05, 0) is 34.9 Å². The third-order valence-corrected chi connectivity index (χ3v) is 2.68. The minimum Gasteiger partial charge on any atom is -0.330 e. The molecule has 0 saturated heterocycles. The lowest BCUT2D eigenvalue weighted by atomic mass is 9.97. The molecule has 1 nitrogen and oxygen atoms in total. The van der Waals surface area contributed by atoms with Gasteiger partial charge in [-0.2, -0.15) is 0 Å². The summed E-state index contributed by atoms with van der Waals surface area (Å²) in [5, 5.41) is 2.52. The van der Waals surface area contributed by atoms with Gasteiger partial charge in [-0.15, -0.1) is 0 Å². The normalized spacial score (nSPS) is 10.5. The third-order valence-electron chi connectivity index (χ3n) is 2.68. The maximum atomic E-state index is 5.59. The Morgan fingerprint density at radius 1 is 1.13 bits per heavy atom. The van der Waals surface area contributed by atoms with E-state index in [0.29, 0.717) is 6.54 Å². The predicted octanol–water partition coefficient (Wildman–Crippen LogP) is 2.98. The molecule has 0 aliphatic heterocycles. The first-order valence-electron chi connectivity index (χ1n) is 5.20. The second-order valence-corrected chi connectivity index (χ2v) is 3.60. The summed E-state index contributed by atoms with van der Waals surface area (Å²) in [6.45, 7) is 4.56. The molecular formula is C14H15N. The molecule has 0 spiro atoms. The molecule has 2 aromatic rings. The van der Waals surface area contributed by atoms with Crippen molar-refractivity contribution in [1.82, 2.24) is 0 Å². The van der Waals surface area contributed by atoms with Crippen molar-refractivity contribution in [3.8, 4) is 0 Å². The first kappa shape index (κ1) is 9.94. The van der Waals surface area contributed by atoms with Crippen molar-refractivity contribution in [1.29, 1.82) is 0 Å². The van der Waals surface area contributed by atoms with Crippen molar-refractivity contribution < 1.29 is 0 Å². The molecule has 0 fully saturated rings. The number of hydrogen-bond acceptors (Lipinski definition) is 1. The monoisotopic (exact) mass is 197 g/mol. The lowest BCUT2D eigenvalue weighted by Gasteiger charge is -2.08. The van der Waals surface area contributed by atoms with Crippen molar-refractivity contribution in [2.45, 2.75) is 6.42 Å². The summed E-state index contributed by atoms with van der Waals surface area (Å²) in [7, 11) is 0. The second-order valence-electron chi connectivity index (χ2n) is 3.60. The molecule has 0 unspecified atom stereocenters. The fourth-order valence-corrected chi connectivity index (χ4v) is 1.96. The van der Waals surface area contributed by atoms with Crippen molar-refractivity contribution in [3.05, 3.63) is 54.1 Å². The van der Waals surface area contributed by atoms with Gasteiger partial charge in [-0.3, -0.25) is 0 Å². The summed E-state index contributed by atoms with van der Waals surface area (Å²) < 4.78 is 0. The third kappa shape index (κ3) is 1.79. The SMILES string of the molecule is C=Cc1c(CCN)ccc2ccccc12. The minimum atomic E-state index is 0.680. The van der Waals surface area contributed by atoms with Gasteiger partial charge in [0.25, 0.3) is 0 Å². The van der Waals surface area contributed by atoms with Gasteiger partial charge in [-0.25, -0.2) is 0 Å². The fourth-order valence-electron chi connectivity index (χ4n) is 1.96. The number of fused-ring (bicyclic) bond motifs is 1. The maximum Gasteiger partial charge on any atom is -0.00365 e. The highest BCUT2D eigenvalue weighted by Gasteiger charge is 2.03. The van der Waals surface area contributed by atoms with Gasteiger partial charge in [0.2, 0.25) is 0 Å². The van der Waals surface area contributed by atoms with Crippen LogP contribution in [-0.4, -0.2) is 6.54 Å². The van der Waals surface area contributed by atoms with E-state index in [-0.39, 0.29) is 0 Å². The van der Waals surface area contributed by atoms with Crippen LogP contribution in [0.4, 0.5) is 0 Å². The lowest BCUT2D eigenvalue weighted by Crippen LogP contribution is -2.04.